The molecule has 3 aromatic rings. The highest BCUT2D eigenvalue weighted by Gasteiger charge is 2.07. The van der Waals surface area contributed by atoms with Crippen LogP contribution in [0.4, 0.5) is 11.6 Å². The summed E-state index contributed by atoms with van der Waals surface area (Å²) in [6.45, 7) is 5.01. The highest BCUT2D eigenvalue weighted by molar-refractivity contribution is 7.80. The fourth-order valence-electron chi connectivity index (χ4n) is 2.90. The first-order valence-corrected chi connectivity index (χ1v) is 11.0. The van der Waals surface area contributed by atoms with Gasteiger partial charge in [-0.2, -0.15) is 0 Å². The standard InChI is InChI=1S/C24H28N6O2S/c1-17-16-18(2)27-23(26-17)29-22(25-14-7-15-31-3)30-24(33)28-19-10-12-21(13-11-19)32-20-8-5-4-6-9-20/h4-6,8-13,16H,7,14-15H2,1-3H3,(H3,25,26,27,28,29,30,33). The van der Waals surface area contributed by atoms with Gasteiger partial charge in [0.15, 0.2) is 5.11 Å². The third-order valence-electron chi connectivity index (χ3n) is 4.31. The highest BCUT2D eigenvalue weighted by Crippen LogP contribution is 2.22. The Morgan fingerprint density at radius 1 is 0.939 bits per heavy atom. The molecule has 0 saturated heterocycles. The molecule has 0 spiro atoms. The molecule has 0 atom stereocenters. The Hall–Kier alpha value is -3.56. The monoisotopic (exact) mass is 464 g/mol. The highest BCUT2D eigenvalue weighted by atomic mass is 32.1. The summed E-state index contributed by atoms with van der Waals surface area (Å²) in [5.74, 6) is 2.43. The van der Waals surface area contributed by atoms with Crippen molar-refractivity contribution in [3.8, 4) is 11.5 Å². The first kappa shape index (κ1) is 24.1. The maximum absolute atomic E-state index is 5.82. The van der Waals surface area contributed by atoms with E-state index < -0.39 is 0 Å². The normalized spacial score (nSPS) is 11.1. The van der Waals surface area contributed by atoms with Crippen molar-refractivity contribution in [3.05, 3.63) is 72.1 Å². The zero-order chi connectivity index (χ0) is 23.5. The summed E-state index contributed by atoms with van der Waals surface area (Å²) >= 11 is 5.48. The summed E-state index contributed by atoms with van der Waals surface area (Å²) < 4.78 is 10.9. The molecule has 0 radical (unpaired) electrons. The number of hydrogen-bond acceptors (Lipinski definition) is 6. The average molecular weight is 465 g/mol. The smallest absolute Gasteiger partial charge is 0.229 e. The molecule has 0 bridgehead atoms. The average Bonchev–Trinajstić information content (AvgIpc) is 2.78. The summed E-state index contributed by atoms with van der Waals surface area (Å²) in [6.07, 6.45) is 0.778. The maximum Gasteiger partial charge on any atom is 0.229 e. The van der Waals surface area contributed by atoms with Crippen LogP contribution in [0, 0.1) is 13.8 Å². The van der Waals surface area contributed by atoms with Crippen LogP contribution >= 0.6 is 12.2 Å². The number of para-hydroxylation sites is 1. The molecule has 0 unspecified atom stereocenters. The maximum atomic E-state index is 5.82. The number of guanidine groups is 1. The van der Waals surface area contributed by atoms with Gasteiger partial charge in [0, 0.05) is 37.3 Å². The number of hydrogen-bond donors (Lipinski definition) is 3. The minimum Gasteiger partial charge on any atom is -0.457 e. The molecule has 1 heterocycles. The predicted octanol–water partition coefficient (Wildman–Crippen LogP) is 4.68. The van der Waals surface area contributed by atoms with Crippen LogP contribution in [0.5, 0.6) is 11.5 Å². The van der Waals surface area contributed by atoms with Crippen molar-refractivity contribution in [1.82, 2.24) is 15.3 Å². The number of aryl methyl sites for hydroxylation is 2. The first-order chi connectivity index (χ1) is 16.0. The Labute approximate surface area is 199 Å². The van der Waals surface area contributed by atoms with E-state index in [1.165, 1.54) is 0 Å². The molecule has 0 aliphatic rings. The van der Waals surface area contributed by atoms with Gasteiger partial charge in [0.1, 0.15) is 11.5 Å². The fraction of sp³-hybridized carbons (Fsp3) is 0.250. The fourth-order valence-corrected chi connectivity index (χ4v) is 3.11. The number of nitrogens with one attached hydrogen (secondary N) is 3. The van der Waals surface area contributed by atoms with Crippen LogP contribution in [0.3, 0.4) is 0 Å². The minimum absolute atomic E-state index is 0.383. The predicted molar refractivity (Wildman–Crippen MR) is 136 cm³/mol. The lowest BCUT2D eigenvalue weighted by Gasteiger charge is -2.14. The molecule has 3 rings (SSSR count). The Balaban J connectivity index is 1.61. The van der Waals surface area contributed by atoms with Crippen molar-refractivity contribution in [1.29, 1.82) is 0 Å². The lowest BCUT2D eigenvalue weighted by atomic mass is 10.3. The van der Waals surface area contributed by atoms with E-state index in [-0.39, 0.29) is 0 Å². The van der Waals surface area contributed by atoms with Crippen LogP contribution in [-0.2, 0) is 4.74 Å². The van der Waals surface area contributed by atoms with E-state index in [9.17, 15) is 0 Å². The van der Waals surface area contributed by atoms with E-state index in [0.29, 0.717) is 30.2 Å². The molecule has 2 aromatic carbocycles. The number of thiocarbonyl (C=S) groups is 1. The number of benzene rings is 2. The van der Waals surface area contributed by atoms with Crippen molar-refractivity contribution in [3.63, 3.8) is 0 Å². The van der Waals surface area contributed by atoms with Crippen LogP contribution in [0.15, 0.2) is 65.7 Å². The summed E-state index contributed by atoms with van der Waals surface area (Å²) in [5, 5.41) is 9.75. The topological polar surface area (TPSA) is 92.7 Å². The summed E-state index contributed by atoms with van der Waals surface area (Å²) in [4.78, 5) is 13.4. The molecule has 33 heavy (non-hydrogen) atoms. The zero-order valence-corrected chi connectivity index (χ0v) is 19.8. The number of aromatic nitrogens is 2. The van der Waals surface area contributed by atoms with E-state index in [1.807, 2.05) is 74.5 Å². The molecule has 0 aliphatic carbocycles. The van der Waals surface area contributed by atoms with E-state index in [1.54, 1.807) is 7.11 Å². The van der Waals surface area contributed by atoms with Gasteiger partial charge in [-0.1, -0.05) is 18.2 Å². The molecule has 172 valence electrons. The molecule has 8 nitrogen and oxygen atoms in total. The van der Waals surface area contributed by atoms with Crippen molar-refractivity contribution < 1.29 is 9.47 Å². The Morgan fingerprint density at radius 2 is 1.61 bits per heavy atom. The van der Waals surface area contributed by atoms with E-state index >= 15 is 0 Å². The van der Waals surface area contributed by atoms with Gasteiger partial charge in [0.05, 0.1) is 0 Å². The lowest BCUT2D eigenvalue weighted by molar-refractivity contribution is 0.197. The van der Waals surface area contributed by atoms with Crippen LogP contribution in [-0.4, -0.2) is 41.3 Å². The van der Waals surface area contributed by atoms with Crippen LogP contribution in [0.25, 0.3) is 0 Å². The molecule has 1 aromatic heterocycles. The number of anilines is 2. The largest absolute Gasteiger partial charge is 0.457 e. The zero-order valence-electron chi connectivity index (χ0n) is 19.0. The Bertz CT molecular complexity index is 1050. The molecular weight excluding hydrogens is 436 g/mol. The Kier molecular flexibility index (Phi) is 9.10. The van der Waals surface area contributed by atoms with Gasteiger partial charge in [-0.15, -0.1) is 0 Å². The second-order valence-corrected chi connectivity index (χ2v) is 7.60. The quantitative estimate of drug-likeness (QED) is 0.192. The van der Waals surface area contributed by atoms with Gasteiger partial charge in [0.25, 0.3) is 0 Å². The van der Waals surface area contributed by atoms with Crippen LogP contribution < -0.4 is 20.7 Å². The van der Waals surface area contributed by atoms with Crippen molar-refractivity contribution in [2.45, 2.75) is 20.3 Å². The number of aliphatic imine (C=N–C) groups is 1. The lowest BCUT2D eigenvalue weighted by Crippen LogP contribution is -2.39. The van der Waals surface area contributed by atoms with Gasteiger partial charge in [0.2, 0.25) is 11.9 Å². The second kappa shape index (κ2) is 12.5. The van der Waals surface area contributed by atoms with Gasteiger partial charge in [-0.05, 0) is 75.0 Å². The molecule has 9 heteroatoms. The van der Waals surface area contributed by atoms with E-state index in [4.69, 9.17) is 21.7 Å². The Morgan fingerprint density at radius 3 is 2.27 bits per heavy atom. The van der Waals surface area contributed by atoms with Crippen LogP contribution in [0.1, 0.15) is 17.8 Å². The third-order valence-corrected chi connectivity index (χ3v) is 4.52. The van der Waals surface area contributed by atoms with Gasteiger partial charge in [-0.3, -0.25) is 10.3 Å². The van der Waals surface area contributed by atoms with Gasteiger partial charge < -0.3 is 20.1 Å². The molecule has 3 N–H and O–H groups in total. The SMILES string of the molecule is COCCCN=C(NC(=S)Nc1ccc(Oc2ccccc2)cc1)Nc1nc(C)cc(C)n1. The van der Waals surface area contributed by atoms with Gasteiger partial charge >= 0.3 is 0 Å². The first-order valence-electron chi connectivity index (χ1n) is 10.6. The third kappa shape index (κ3) is 8.47. The number of methoxy groups -OCH3 is 1. The van der Waals surface area contributed by atoms with Crippen molar-refractivity contribution in [2.24, 2.45) is 4.99 Å². The van der Waals surface area contributed by atoms with E-state index in [0.717, 1.165) is 35.0 Å². The summed E-state index contributed by atoms with van der Waals surface area (Å²) in [6, 6.07) is 19.1. The second-order valence-electron chi connectivity index (χ2n) is 7.19. The molecule has 0 saturated carbocycles. The number of ether oxygens (including phenoxy) is 2. The molecule has 0 amide bonds. The summed E-state index contributed by atoms with van der Waals surface area (Å²) in [7, 11) is 1.67. The van der Waals surface area contributed by atoms with Crippen molar-refractivity contribution in [2.75, 3.05) is 30.9 Å². The van der Waals surface area contributed by atoms with Crippen molar-refractivity contribution >= 4 is 34.9 Å². The number of nitrogens with zero attached hydrogens (tertiary/aromatic N) is 3. The molecule has 0 aliphatic heterocycles. The molecule has 0 fully saturated rings. The van der Waals surface area contributed by atoms with Crippen LogP contribution in [0.2, 0.25) is 0 Å². The number of rotatable bonds is 8. The van der Waals surface area contributed by atoms with Gasteiger partial charge in [-0.25, -0.2) is 9.97 Å². The summed E-state index contributed by atoms with van der Waals surface area (Å²) in [5.41, 5.74) is 2.54. The van der Waals surface area contributed by atoms with E-state index in [2.05, 4.69) is 30.9 Å². The minimum atomic E-state index is 0.383. The molecular formula is C24H28N6O2S.